The van der Waals surface area contributed by atoms with Crippen molar-refractivity contribution in [3.63, 3.8) is 0 Å². The van der Waals surface area contributed by atoms with Crippen molar-refractivity contribution in [1.29, 1.82) is 0 Å². The summed E-state index contributed by atoms with van der Waals surface area (Å²) in [6.07, 6.45) is -0.593. The van der Waals surface area contributed by atoms with Crippen LogP contribution < -0.4 is 10.6 Å². The van der Waals surface area contributed by atoms with Gasteiger partial charge in [0.2, 0.25) is 0 Å². The van der Waals surface area contributed by atoms with E-state index >= 15 is 0 Å². The monoisotopic (exact) mass is 322 g/mol. The van der Waals surface area contributed by atoms with Gasteiger partial charge in [-0.1, -0.05) is 18.7 Å². The first-order chi connectivity index (χ1) is 9.45. The van der Waals surface area contributed by atoms with E-state index < -0.39 is 30.8 Å². The van der Waals surface area contributed by atoms with Crippen LogP contribution in [0, 0.1) is 0 Å². The van der Waals surface area contributed by atoms with Crippen LogP contribution in [0.3, 0.4) is 0 Å². The lowest BCUT2D eigenvalue weighted by Gasteiger charge is -2.34. The third-order valence-corrected chi connectivity index (χ3v) is 5.38. The van der Waals surface area contributed by atoms with Crippen molar-refractivity contribution in [2.75, 3.05) is 33.0 Å². The average molecular weight is 322 g/mol. The molecule has 0 aromatic rings. The van der Waals surface area contributed by atoms with Gasteiger partial charge in [0.25, 0.3) is 0 Å². The summed E-state index contributed by atoms with van der Waals surface area (Å²) < 4.78 is 21.8. The molecule has 0 saturated carbocycles. The molecule has 116 valence electrons. The Kier molecular flexibility index (Phi) is 8.16. The fraction of sp³-hybridized carbons (Fsp3) is 1.00. The van der Waals surface area contributed by atoms with Crippen LogP contribution in [-0.4, -0.2) is 65.2 Å². The standard InChI is InChI=1S/C11H23BNO5PS/c1-3-19(14,20)18-9-8(7-15-2)17-11(12)10(9)16-6-4-5-13/h8-11H,3-7,13H2,1-2H3,(H,14,20)/p-1/t8-,9?,10+,11-,19?/m1/s1. The largest absolute Gasteiger partial charge is 0.801 e. The highest BCUT2D eigenvalue weighted by Gasteiger charge is 2.44. The number of ether oxygens (including phenoxy) is 3. The minimum absolute atomic E-state index is 0.267. The first-order valence-corrected chi connectivity index (χ1v) is 9.47. The molecule has 0 aromatic carbocycles. The Morgan fingerprint density at radius 2 is 2.15 bits per heavy atom. The maximum absolute atomic E-state index is 12.1. The minimum atomic E-state index is -3.10. The topological polar surface area (TPSA) is 86.0 Å². The summed E-state index contributed by atoms with van der Waals surface area (Å²) in [6.45, 7) is -0.151. The van der Waals surface area contributed by atoms with Gasteiger partial charge in [-0.2, -0.15) is 0 Å². The molecule has 0 amide bonds. The highest BCUT2D eigenvalue weighted by molar-refractivity contribution is 8.08. The number of hydrogen-bond donors (Lipinski definition) is 1. The number of hydrogen-bond acceptors (Lipinski definition) is 7. The molecule has 2 unspecified atom stereocenters. The van der Waals surface area contributed by atoms with Gasteiger partial charge in [-0.15, -0.1) is 0 Å². The lowest BCUT2D eigenvalue weighted by molar-refractivity contribution is -0.191. The van der Waals surface area contributed by atoms with E-state index in [9.17, 15) is 4.89 Å². The summed E-state index contributed by atoms with van der Waals surface area (Å²) >= 11 is 4.97. The van der Waals surface area contributed by atoms with Crippen LogP contribution in [0.25, 0.3) is 0 Å². The molecule has 6 nitrogen and oxygen atoms in total. The highest BCUT2D eigenvalue weighted by Crippen LogP contribution is 2.42. The van der Waals surface area contributed by atoms with Gasteiger partial charge in [0, 0.05) is 19.7 Å². The Balaban J connectivity index is 2.74. The van der Waals surface area contributed by atoms with E-state index in [1.54, 1.807) is 14.0 Å². The van der Waals surface area contributed by atoms with E-state index in [4.69, 9.17) is 44.1 Å². The lowest BCUT2D eigenvalue weighted by atomic mass is 9.93. The smallest absolute Gasteiger partial charge is 0.117 e. The number of methoxy groups -OCH3 is 1. The summed E-state index contributed by atoms with van der Waals surface area (Å²) in [4.78, 5) is 12.1. The van der Waals surface area contributed by atoms with Crippen LogP contribution in [0.5, 0.6) is 0 Å². The summed E-state index contributed by atoms with van der Waals surface area (Å²) in [6, 6.07) is -0.662. The van der Waals surface area contributed by atoms with Crippen LogP contribution in [0.4, 0.5) is 0 Å². The Bertz CT molecular complexity index is 338. The molecule has 20 heavy (non-hydrogen) atoms. The Hall–Kier alpha value is 0.475. The van der Waals surface area contributed by atoms with Crippen LogP contribution in [0.1, 0.15) is 13.3 Å². The van der Waals surface area contributed by atoms with Crippen LogP contribution >= 0.6 is 6.49 Å². The predicted octanol–water partition coefficient (Wildman–Crippen LogP) is -0.665. The molecule has 5 atom stereocenters. The predicted molar refractivity (Wildman–Crippen MR) is 79.4 cm³/mol. The summed E-state index contributed by atoms with van der Waals surface area (Å²) in [5.74, 6) is 0. The van der Waals surface area contributed by atoms with Gasteiger partial charge in [-0.3, -0.25) is 0 Å². The summed E-state index contributed by atoms with van der Waals surface area (Å²) in [7, 11) is 7.44. The zero-order chi connectivity index (χ0) is 15.2. The summed E-state index contributed by atoms with van der Waals surface area (Å²) in [5, 5.41) is 0. The molecule has 1 aliphatic rings. The second-order valence-electron chi connectivity index (χ2n) is 4.57. The van der Waals surface area contributed by atoms with Crippen molar-refractivity contribution in [3.05, 3.63) is 0 Å². The van der Waals surface area contributed by atoms with Crippen molar-refractivity contribution in [2.45, 2.75) is 37.7 Å². The molecule has 1 rings (SSSR count). The molecular formula is C11H22BNO5PS-. The van der Waals surface area contributed by atoms with E-state index in [1.165, 1.54) is 0 Å². The molecule has 1 aliphatic heterocycles. The second-order valence-corrected chi connectivity index (χ2v) is 8.30. The Morgan fingerprint density at radius 3 is 2.70 bits per heavy atom. The first kappa shape index (κ1) is 18.5. The van der Waals surface area contributed by atoms with Crippen molar-refractivity contribution >= 4 is 26.1 Å². The molecule has 9 heteroatoms. The van der Waals surface area contributed by atoms with Crippen molar-refractivity contribution < 1.29 is 23.6 Å². The van der Waals surface area contributed by atoms with E-state index in [1.807, 2.05) is 0 Å². The van der Waals surface area contributed by atoms with E-state index in [2.05, 4.69) is 0 Å². The second kappa shape index (κ2) is 8.81. The van der Waals surface area contributed by atoms with Gasteiger partial charge in [0.15, 0.2) is 0 Å². The zero-order valence-corrected chi connectivity index (χ0v) is 13.6. The number of rotatable bonds is 9. The maximum Gasteiger partial charge on any atom is 0.117 e. The highest BCUT2D eigenvalue weighted by atomic mass is 32.5. The molecule has 0 aliphatic carbocycles. The molecule has 2 radical (unpaired) electrons. The van der Waals surface area contributed by atoms with Gasteiger partial charge in [0.1, 0.15) is 26.2 Å². The maximum atomic E-state index is 12.1. The first-order valence-electron chi connectivity index (χ1n) is 6.65. The molecule has 1 saturated heterocycles. The molecule has 2 N–H and O–H groups in total. The van der Waals surface area contributed by atoms with Gasteiger partial charge in [0.05, 0.1) is 6.61 Å². The van der Waals surface area contributed by atoms with E-state index in [-0.39, 0.29) is 12.8 Å². The van der Waals surface area contributed by atoms with Crippen LogP contribution in [0.2, 0.25) is 0 Å². The van der Waals surface area contributed by atoms with Gasteiger partial charge < -0.3 is 29.4 Å². The number of nitrogens with two attached hydrogens (primary N) is 1. The molecule has 1 fully saturated rings. The fourth-order valence-electron chi connectivity index (χ4n) is 1.93. The minimum Gasteiger partial charge on any atom is -0.801 e. The Morgan fingerprint density at radius 1 is 1.45 bits per heavy atom. The van der Waals surface area contributed by atoms with E-state index in [0.717, 1.165) is 0 Å². The third-order valence-electron chi connectivity index (χ3n) is 3.01. The molecule has 1 heterocycles. The summed E-state index contributed by atoms with van der Waals surface area (Å²) in [5.41, 5.74) is 5.43. The third kappa shape index (κ3) is 5.35. The molecule has 0 aromatic heterocycles. The van der Waals surface area contributed by atoms with Crippen LogP contribution in [0.15, 0.2) is 0 Å². The Labute approximate surface area is 126 Å². The SMILES string of the molecule is [B][C@@H]1O[C@H](COC)C(OP([O-])(=S)CC)[C@@H]1OCCCN. The van der Waals surface area contributed by atoms with Crippen LogP contribution in [-0.2, 0) is 30.5 Å². The van der Waals surface area contributed by atoms with Crippen molar-refractivity contribution in [2.24, 2.45) is 5.73 Å². The van der Waals surface area contributed by atoms with Gasteiger partial charge in [-0.05, 0) is 25.6 Å². The average Bonchev–Trinajstić information content (AvgIpc) is 2.67. The van der Waals surface area contributed by atoms with Gasteiger partial charge in [-0.25, -0.2) is 0 Å². The molecular weight excluding hydrogens is 300 g/mol. The quantitative estimate of drug-likeness (QED) is 0.342. The van der Waals surface area contributed by atoms with Gasteiger partial charge >= 0.3 is 0 Å². The van der Waals surface area contributed by atoms with E-state index in [0.29, 0.717) is 19.6 Å². The zero-order valence-electron chi connectivity index (χ0n) is 11.9. The molecule has 0 bridgehead atoms. The molecule has 0 spiro atoms. The lowest BCUT2D eigenvalue weighted by Crippen LogP contribution is -2.40. The van der Waals surface area contributed by atoms with Crippen molar-refractivity contribution in [1.82, 2.24) is 0 Å². The normalized spacial score (nSPS) is 33.2. The van der Waals surface area contributed by atoms with Crippen molar-refractivity contribution in [3.8, 4) is 0 Å². The fourth-order valence-corrected chi connectivity index (χ4v) is 3.01.